The van der Waals surface area contributed by atoms with Gasteiger partial charge < -0.3 is 19.6 Å². The van der Waals surface area contributed by atoms with E-state index >= 15 is 0 Å². The highest BCUT2D eigenvalue weighted by Crippen LogP contribution is 2.41. The zero-order valence-corrected chi connectivity index (χ0v) is 17.8. The Morgan fingerprint density at radius 3 is 2.31 bits per heavy atom. The zero-order chi connectivity index (χ0) is 20.5. The molecule has 29 heavy (non-hydrogen) atoms. The van der Waals surface area contributed by atoms with Crippen LogP contribution in [0.2, 0.25) is 0 Å². The number of benzene rings is 2. The molecule has 0 bridgehead atoms. The second kappa shape index (κ2) is 8.11. The average molecular weight is 394 g/mol. The highest BCUT2D eigenvalue weighted by molar-refractivity contribution is 5.92. The van der Waals surface area contributed by atoms with Gasteiger partial charge in [-0.2, -0.15) is 0 Å². The molecular weight excluding hydrogens is 362 g/mol. The third-order valence-corrected chi connectivity index (χ3v) is 6.28. The van der Waals surface area contributed by atoms with Crippen molar-refractivity contribution >= 4 is 10.9 Å². The molecule has 1 fully saturated rings. The van der Waals surface area contributed by atoms with Crippen LogP contribution in [0.4, 0.5) is 0 Å². The average Bonchev–Trinajstić information content (AvgIpc) is 3.12. The molecule has 3 aromatic rings. The maximum Gasteiger partial charge on any atom is 0.161 e. The van der Waals surface area contributed by atoms with Gasteiger partial charge in [-0.25, -0.2) is 0 Å². The van der Waals surface area contributed by atoms with Crippen molar-refractivity contribution in [2.45, 2.75) is 57.5 Å². The van der Waals surface area contributed by atoms with Crippen molar-refractivity contribution in [1.29, 1.82) is 0 Å². The van der Waals surface area contributed by atoms with Crippen LogP contribution in [0.25, 0.3) is 22.2 Å². The molecule has 0 atom stereocenters. The van der Waals surface area contributed by atoms with E-state index in [9.17, 15) is 5.11 Å². The molecule has 4 nitrogen and oxygen atoms in total. The Labute approximate surface area is 172 Å². The molecule has 0 amide bonds. The minimum Gasteiger partial charge on any atom is -0.493 e. The second-order valence-electron chi connectivity index (χ2n) is 8.45. The number of hydrogen-bond acceptors (Lipinski definition) is 3. The highest BCUT2D eigenvalue weighted by Gasteiger charge is 2.23. The van der Waals surface area contributed by atoms with E-state index in [1.54, 1.807) is 14.2 Å². The van der Waals surface area contributed by atoms with Crippen molar-refractivity contribution in [3.05, 3.63) is 47.5 Å². The van der Waals surface area contributed by atoms with Crippen molar-refractivity contribution < 1.29 is 14.6 Å². The number of H-pyrrole nitrogens is 1. The topological polar surface area (TPSA) is 54.5 Å². The first-order valence-corrected chi connectivity index (χ1v) is 10.6. The van der Waals surface area contributed by atoms with Crippen molar-refractivity contribution in [3.63, 3.8) is 0 Å². The number of rotatable bonds is 5. The SMILES string of the molecule is COc1ccc(-c2[nH]c3ccc(C4CCC(O)CC4)cc3c2C(C)C)cc1OC. The summed E-state index contributed by atoms with van der Waals surface area (Å²) < 4.78 is 10.9. The van der Waals surface area contributed by atoms with Gasteiger partial charge in [0.25, 0.3) is 0 Å². The van der Waals surface area contributed by atoms with Gasteiger partial charge in [-0.3, -0.25) is 0 Å². The van der Waals surface area contributed by atoms with Gasteiger partial charge in [0.05, 0.1) is 26.0 Å². The van der Waals surface area contributed by atoms with Crippen LogP contribution in [0.15, 0.2) is 36.4 Å². The predicted molar refractivity (Wildman–Crippen MR) is 118 cm³/mol. The Balaban J connectivity index is 1.80. The normalized spacial score (nSPS) is 19.7. The van der Waals surface area contributed by atoms with E-state index in [0.29, 0.717) is 11.8 Å². The van der Waals surface area contributed by atoms with Crippen molar-refractivity contribution in [2.75, 3.05) is 14.2 Å². The summed E-state index contributed by atoms with van der Waals surface area (Å²) in [5, 5.41) is 11.1. The van der Waals surface area contributed by atoms with Gasteiger partial charge in [-0.05, 0) is 79.0 Å². The Kier molecular flexibility index (Phi) is 5.55. The van der Waals surface area contributed by atoms with E-state index in [1.165, 1.54) is 16.5 Å². The summed E-state index contributed by atoms with van der Waals surface area (Å²) >= 11 is 0. The van der Waals surface area contributed by atoms with Gasteiger partial charge >= 0.3 is 0 Å². The molecule has 1 aromatic heterocycles. The van der Waals surface area contributed by atoms with Crippen LogP contribution >= 0.6 is 0 Å². The summed E-state index contributed by atoms with van der Waals surface area (Å²) in [5.41, 5.74) is 6.14. The monoisotopic (exact) mass is 393 g/mol. The summed E-state index contributed by atoms with van der Waals surface area (Å²) in [5.74, 6) is 2.40. The molecule has 4 rings (SSSR count). The Bertz CT molecular complexity index is 997. The van der Waals surface area contributed by atoms with Crippen LogP contribution in [0.5, 0.6) is 11.5 Å². The molecule has 0 spiro atoms. The number of fused-ring (bicyclic) bond motifs is 1. The minimum absolute atomic E-state index is 0.120. The number of methoxy groups -OCH3 is 2. The van der Waals surface area contributed by atoms with E-state index in [1.807, 2.05) is 12.1 Å². The zero-order valence-electron chi connectivity index (χ0n) is 17.8. The number of hydrogen-bond donors (Lipinski definition) is 2. The number of ether oxygens (including phenoxy) is 2. The quantitative estimate of drug-likeness (QED) is 0.559. The highest BCUT2D eigenvalue weighted by atomic mass is 16.5. The summed E-state index contributed by atoms with van der Waals surface area (Å²) in [6.45, 7) is 4.49. The van der Waals surface area contributed by atoms with Crippen LogP contribution < -0.4 is 9.47 Å². The number of aromatic amines is 1. The van der Waals surface area contributed by atoms with E-state index < -0.39 is 0 Å². The molecule has 1 aliphatic rings. The molecule has 0 radical (unpaired) electrons. The van der Waals surface area contributed by atoms with Gasteiger partial charge in [-0.1, -0.05) is 19.9 Å². The van der Waals surface area contributed by atoms with Crippen molar-refractivity contribution in [2.24, 2.45) is 0 Å². The lowest BCUT2D eigenvalue weighted by Gasteiger charge is -2.25. The van der Waals surface area contributed by atoms with Crippen LogP contribution in [-0.4, -0.2) is 30.4 Å². The van der Waals surface area contributed by atoms with Gasteiger partial charge in [0.15, 0.2) is 11.5 Å². The van der Waals surface area contributed by atoms with Crippen LogP contribution in [0.1, 0.15) is 62.5 Å². The fourth-order valence-corrected chi connectivity index (χ4v) is 4.71. The lowest BCUT2D eigenvalue weighted by atomic mass is 9.82. The van der Waals surface area contributed by atoms with Crippen LogP contribution in [-0.2, 0) is 0 Å². The molecule has 2 N–H and O–H groups in total. The Hall–Kier alpha value is -2.46. The maximum atomic E-state index is 9.85. The van der Waals surface area contributed by atoms with Crippen molar-refractivity contribution in [1.82, 2.24) is 4.98 Å². The first kappa shape index (κ1) is 19.8. The summed E-state index contributed by atoms with van der Waals surface area (Å²) in [7, 11) is 3.33. The maximum absolute atomic E-state index is 9.85. The molecule has 0 saturated heterocycles. The molecule has 2 aromatic carbocycles. The van der Waals surface area contributed by atoms with E-state index in [4.69, 9.17) is 9.47 Å². The van der Waals surface area contributed by atoms with E-state index in [0.717, 1.165) is 54.0 Å². The largest absolute Gasteiger partial charge is 0.493 e. The third-order valence-electron chi connectivity index (χ3n) is 6.28. The van der Waals surface area contributed by atoms with E-state index in [2.05, 4.69) is 43.1 Å². The molecule has 4 heteroatoms. The Morgan fingerprint density at radius 1 is 0.931 bits per heavy atom. The number of aromatic nitrogens is 1. The van der Waals surface area contributed by atoms with Crippen molar-refractivity contribution in [3.8, 4) is 22.8 Å². The van der Waals surface area contributed by atoms with Crippen LogP contribution in [0.3, 0.4) is 0 Å². The summed E-state index contributed by atoms with van der Waals surface area (Å²) in [6.07, 6.45) is 3.83. The number of aliphatic hydroxyl groups is 1. The van der Waals surface area contributed by atoms with Gasteiger partial charge in [-0.15, -0.1) is 0 Å². The predicted octanol–water partition coefficient (Wildman–Crippen LogP) is 5.99. The fourth-order valence-electron chi connectivity index (χ4n) is 4.71. The molecule has 154 valence electrons. The van der Waals surface area contributed by atoms with Crippen LogP contribution in [0, 0.1) is 0 Å². The van der Waals surface area contributed by atoms with Gasteiger partial charge in [0.2, 0.25) is 0 Å². The van der Waals surface area contributed by atoms with E-state index in [-0.39, 0.29) is 6.10 Å². The molecule has 1 heterocycles. The molecule has 0 unspecified atom stereocenters. The standard InChI is InChI=1S/C25H31NO3/c1-15(2)24-20-13-17(16-5-9-19(27)10-6-16)7-11-21(20)26-25(24)18-8-12-22(28-3)23(14-18)29-4/h7-8,11-16,19,26-27H,5-6,9-10H2,1-4H3. The first-order valence-electron chi connectivity index (χ1n) is 10.6. The summed E-state index contributed by atoms with van der Waals surface area (Å²) in [4.78, 5) is 3.65. The Morgan fingerprint density at radius 2 is 1.66 bits per heavy atom. The smallest absolute Gasteiger partial charge is 0.161 e. The third kappa shape index (κ3) is 3.74. The van der Waals surface area contributed by atoms with Gasteiger partial charge in [0.1, 0.15) is 0 Å². The molecule has 1 aliphatic carbocycles. The fraction of sp³-hybridized carbons (Fsp3) is 0.440. The van der Waals surface area contributed by atoms with Gasteiger partial charge in [0, 0.05) is 16.5 Å². The first-order chi connectivity index (χ1) is 14.0. The number of nitrogens with one attached hydrogen (secondary N) is 1. The molecule has 0 aliphatic heterocycles. The lowest BCUT2D eigenvalue weighted by molar-refractivity contribution is 0.122. The number of aliphatic hydroxyl groups excluding tert-OH is 1. The minimum atomic E-state index is -0.120. The lowest BCUT2D eigenvalue weighted by Crippen LogP contribution is -2.16. The molecule has 1 saturated carbocycles. The molecular formula is C25H31NO3. The summed E-state index contributed by atoms with van der Waals surface area (Å²) in [6, 6.07) is 12.9. The second-order valence-corrected chi connectivity index (χ2v) is 8.45.